The molecule has 0 aromatic carbocycles. The molecule has 5 nitrogen and oxygen atoms in total. The molecule has 1 aliphatic rings. The molecule has 2 atom stereocenters. The molecule has 0 aromatic rings. The molecule has 0 spiro atoms. The van der Waals surface area contributed by atoms with Gasteiger partial charge in [-0.15, -0.1) is 0 Å². The first-order valence-electron chi connectivity index (χ1n) is 6.89. The van der Waals surface area contributed by atoms with Crippen LogP contribution in [0.15, 0.2) is 0 Å². The summed E-state index contributed by atoms with van der Waals surface area (Å²) in [6.45, 7) is 4.13. The lowest BCUT2D eigenvalue weighted by molar-refractivity contribution is -0.131. The second kappa shape index (κ2) is 6.70. The molecule has 1 N–H and O–H groups in total. The summed E-state index contributed by atoms with van der Waals surface area (Å²) < 4.78 is 23.3. The molecule has 0 saturated carbocycles. The Bertz CT molecular complexity index is 404. The summed E-state index contributed by atoms with van der Waals surface area (Å²) in [7, 11) is 0.523. The lowest BCUT2D eigenvalue weighted by Gasteiger charge is -2.30. The van der Waals surface area contributed by atoms with Gasteiger partial charge in [-0.2, -0.15) is 0 Å². The summed E-state index contributed by atoms with van der Waals surface area (Å²) in [5.74, 6) is 0.850. The van der Waals surface area contributed by atoms with Crippen molar-refractivity contribution in [2.24, 2.45) is 5.92 Å². The third-order valence-electron chi connectivity index (χ3n) is 3.35. The molecule has 19 heavy (non-hydrogen) atoms. The highest BCUT2D eigenvalue weighted by Gasteiger charge is 2.29. The number of hydrogen-bond donors (Lipinski definition) is 1. The second-order valence-corrected chi connectivity index (χ2v) is 8.26. The number of carbonyl (C=O) groups excluding carboxylic acids is 1. The fraction of sp³-hybridized carbons (Fsp3) is 0.923. The molecule has 1 saturated heterocycles. The van der Waals surface area contributed by atoms with Gasteiger partial charge < -0.3 is 10.2 Å². The van der Waals surface area contributed by atoms with Crippen molar-refractivity contribution in [1.29, 1.82) is 0 Å². The van der Waals surface area contributed by atoms with Gasteiger partial charge in [-0.1, -0.05) is 13.8 Å². The zero-order chi connectivity index (χ0) is 14.6. The van der Waals surface area contributed by atoms with Crippen molar-refractivity contribution in [3.8, 4) is 0 Å². The normalized spacial score (nSPS) is 24.2. The average molecular weight is 290 g/mol. The second-order valence-electron chi connectivity index (χ2n) is 6.03. The molecule has 1 rings (SSSR count). The predicted molar refractivity (Wildman–Crippen MR) is 76.7 cm³/mol. The summed E-state index contributed by atoms with van der Waals surface area (Å²) in [5, 5.41) is 3.25. The summed E-state index contributed by atoms with van der Waals surface area (Å²) in [4.78, 5) is 13.7. The van der Waals surface area contributed by atoms with Gasteiger partial charge in [0.25, 0.3) is 0 Å². The minimum absolute atomic E-state index is 0.0247. The Morgan fingerprint density at radius 1 is 1.37 bits per heavy atom. The van der Waals surface area contributed by atoms with E-state index in [2.05, 4.69) is 19.2 Å². The van der Waals surface area contributed by atoms with Crippen molar-refractivity contribution in [3.05, 3.63) is 0 Å². The zero-order valence-electron chi connectivity index (χ0n) is 12.3. The largest absolute Gasteiger partial charge is 0.347 e. The Morgan fingerprint density at radius 2 is 2.00 bits per heavy atom. The highest BCUT2D eigenvalue weighted by Crippen LogP contribution is 2.15. The van der Waals surface area contributed by atoms with Crippen LogP contribution in [-0.4, -0.2) is 56.9 Å². The summed E-state index contributed by atoms with van der Waals surface area (Å²) in [6.07, 6.45) is 2.24. The molecule has 1 amide bonds. The number of amides is 1. The van der Waals surface area contributed by atoms with Gasteiger partial charge in [-0.25, -0.2) is 8.42 Å². The number of nitrogens with zero attached hydrogens (tertiary/aromatic N) is 1. The number of likely N-dealkylation sites (N-methyl/N-ethyl adjacent to an activating group) is 1. The lowest BCUT2D eigenvalue weighted by atomic mass is 10.0. The van der Waals surface area contributed by atoms with Crippen LogP contribution in [0.4, 0.5) is 0 Å². The van der Waals surface area contributed by atoms with Gasteiger partial charge >= 0.3 is 0 Å². The highest BCUT2D eigenvalue weighted by molar-refractivity contribution is 7.91. The maximum atomic E-state index is 12.1. The van der Waals surface area contributed by atoms with E-state index in [1.165, 1.54) is 0 Å². The third kappa shape index (κ3) is 5.48. The lowest BCUT2D eigenvalue weighted by Crippen LogP contribution is -2.51. The van der Waals surface area contributed by atoms with Crippen LogP contribution >= 0.6 is 0 Å². The molecule has 1 aliphatic heterocycles. The zero-order valence-corrected chi connectivity index (χ0v) is 13.2. The van der Waals surface area contributed by atoms with E-state index < -0.39 is 9.84 Å². The number of sulfone groups is 1. The fourth-order valence-corrected chi connectivity index (χ4v) is 4.11. The van der Waals surface area contributed by atoms with Crippen LogP contribution in [0.3, 0.4) is 0 Å². The monoisotopic (exact) mass is 290 g/mol. The van der Waals surface area contributed by atoms with Crippen LogP contribution in [0.2, 0.25) is 0 Å². The average Bonchev–Trinajstić information content (AvgIpc) is 2.25. The smallest absolute Gasteiger partial charge is 0.239 e. The van der Waals surface area contributed by atoms with E-state index in [9.17, 15) is 13.2 Å². The molecule has 0 bridgehead atoms. The maximum Gasteiger partial charge on any atom is 0.239 e. The summed E-state index contributed by atoms with van der Waals surface area (Å²) in [6, 6.07) is -0.375. The first-order valence-corrected chi connectivity index (χ1v) is 8.71. The van der Waals surface area contributed by atoms with E-state index in [0.29, 0.717) is 12.3 Å². The van der Waals surface area contributed by atoms with E-state index in [-0.39, 0.29) is 29.5 Å². The van der Waals surface area contributed by atoms with Gasteiger partial charge in [-0.3, -0.25) is 4.79 Å². The van der Waals surface area contributed by atoms with Gasteiger partial charge in [0.15, 0.2) is 9.84 Å². The van der Waals surface area contributed by atoms with Gasteiger partial charge in [-0.05, 0) is 25.2 Å². The van der Waals surface area contributed by atoms with Gasteiger partial charge in [0.05, 0.1) is 17.5 Å². The number of nitrogens with one attached hydrogen (secondary N) is 1. The number of rotatable bonds is 5. The SMILES string of the molecule is CC(C)CC(NC1CCCS(=O)(=O)C1)C(=O)N(C)C. The van der Waals surface area contributed by atoms with Crippen molar-refractivity contribution in [2.45, 2.75) is 45.2 Å². The van der Waals surface area contributed by atoms with Gasteiger partial charge in [0.1, 0.15) is 0 Å². The minimum Gasteiger partial charge on any atom is -0.347 e. The Kier molecular flexibility index (Phi) is 5.80. The maximum absolute atomic E-state index is 12.1. The molecule has 0 radical (unpaired) electrons. The molecule has 1 heterocycles. The summed E-state index contributed by atoms with van der Waals surface area (Å²) in [5.41, 5.74) is 0. The Labute approximate surface area is 116 Å². The molecule has 1 fully saturated rings. The van der Waals surface area contributed by atoms with Crippen molar-refractivity contribution < 1.29 is 13.2 Å². The van der Waals surface area contributed by atoms with Gasteiger partial charge in [0.2, 0.25) is 5.91 Å². The van der Waals surface area contributed by atoms with E-state index in [1.54, 1.807) is 19.0 Å². The molecule has 6 heteroatoms. The third-order valence-corrected chi connectivity index (χ3v) is 5.17. The van der Waals surface area contributed by atoms with E-state index in [4.69, 9.17) is 0 Å². The molecular formula is C13H26N2O3S. The number of hydrogen-bond acceptors (Lipinski definition) is 4. The first kappa shape index (κ1) is 16.4. The fourth-order valence-electron chi connectivity index (χ4n) is 2.46. The van der Waals surface area contributed by atoms with Crippen LogP contribution in [0.5, 0.6) is 0 Å². The van der Waals surface area contributed by atoms with Crippen molar-refractivity contribution in [2.75, 3.05) is 25.6 Å². The Balaban J connectivity index is 2.69. The first-order chi connectivity index (χ1) is 8.71. The quantitative estimate of drug-likeness (QED) is 0.807. The minimum atomic E-state index is -2.94. The predicted octanol–water partition coefficient (Wildman–Crippen LogP) is 0.656. The molecule has 0 aromatic heterocycles. The highest BCUT2D eigenvalue weighted by atomic mass is 32.2. The van der Waals surface area contributed by atoms with E-state index >= 15 is 0 Å². The van der Waals surface area contributed by atoms with E-state index in [1.807, 2.05) is 0 Å². The topological polar surface area (TPSA) is 66.5 Å². The van der Waals surface area contributed by atoms with Crippen LogP contribution < -0.4 is 5.32 Å². The molecule has 112 valence electrons. The Morgan fingerprint density at radius 3 is 2.47 bits per heavy atom. The van der Waals surface area contributed by atoms with Crippen LogP contribution in [0.25, 0.3) is 0 Å². The van der Waals surface area contributed by atoms with Crippen molar-refractivity contribution in [1.82, 2.24) is 10.2 Å². The molecular weight excluding hydrogens is 264 g/mol. The molecule has 0 aliphatic carbocycles. The van der Waals surface area contributed by atoms with Crippen molar-refractivity contribution >= 4 is 15.7 Å². The van der Waals surface area contributed by atoms with Gasteiger partial charge in [0, 0.05) is 20.1 Å². The van der Waals surface area contributed by atoms with Crippen LogP contribution in [0.1, 0.15) is 33.1 Å². The number of carbonyl (C=O) groups is 1. The van der Waals surface area contributed by atoms with E-state index in [0.717, 1.165) is 12.8 Å². The Hall–Kier alpha value is -0.620. The van der Waals surface area contributed by atoms with Crippen LogP contribution in [-0.2, 0) is 14.6 Å². The standard InChI is InChI=1S/C13H26N2O3S/c1-10(2)8-12(13(16)15(3)4)14-11-6-5-7-19(17,18)9-11/h10-12,14H,5-9H2,1-4H3. The molecule has 2 unspecified atom stereocenters. The summed E-state index contributed by atoms with van der Waals surface area (Å²) >= 11 is 0. The van der Waals surface area contributed by atoms with Crippen molar-refractivity contribution in [3.63, 3.8) is 0 Å². The van der Waals surface area contributed by atoms with Crippen LogP contribution in [0, 0.1) is 5.92 Å².